The molecule has 1 unspecified atom stereocenters. The van der Waals surface area contributed by atoms with Crippen molar-refractivity contribution in [1.29, 1.82) is 0 Å². The summed E-state index contributed by atoms with van der Waals surface area (Å²) in [4.78, 5) is 12.9. The number of amides is 1. The predicted molar refractivity (Wildman–Crippen MR) is 55.4 cm³/mol. The number of hydrogen-bond acceptors (Lipinski definition) is 5. The minimum Gasteiger partial charge on any atom is -0.348 e. The molecule has 92 valence electrons. The lowest BCUT2D eigenvalue weighted by molar-refractivity contribution is -0.133. The summed E-state index contributed by atoms with van der Waals surface area (Å²) in [6.07, 6.45) is -0.501. The number of ether oxygens (including phenoxy) is 2. The number of carbonyl (C=O) groups is 1. The van der Waals surface area contributed by atoms with E-state index in [0.717, 1.165) is 0 Å². The molecule has 0 aromatic rings. The van der Waals surface area contributed by atoms with Gasteiger partial charge in [-0.3, -0.25) is 4.79 Å². The molecule has 1 amide bonds. The van der Waals surface area contributed by atoms with Crippen LogP contribution in [0.1, 0.15) is 6.42 Å². The van der Waals surface area contributed by atoms with E-state index in [9.17, 15) is 13.2 Å². The summed E-state index contributed by atoms with van der Waals surface area (Å²) in [6, 6.07) is 0. The second kappa shape index (κ2) is 4.48. The first-order valence-electron chi connectivity index (χ1n) is 4.91. The van der Waals surface area contributed by atoms with Crippen molar-refractivity contribution in [3.8, 4) is 0 Å². The van der Waals surface area contributed by atoms with Crippen LogP contribution in [-0.4, -0.2) is 57.1 Å². The Morgan fingerprint density at radius 3 is 2.50 bits per heavy atom. The summed E-state index contributed by atoms with van der Waals surface area (Å²) in [5.41, 5.74) is 0. The summed E-state index contributed by atoms with van der Waals surface area (Å²) < 4.78 is 32.5. The second-order valence-electron chi connectivity index (χ2n) is 3.77. The molecule has 0 bridgehead atoms. The van der Waals surface area contributed by atoms with Gasteiger partial charge in [-0.05, 0) is 0 Å². The highest BCUT2D eigenvalue weighted by Gasteiger charge is 2.38. The lowest BCUT2D eigenvalue weighted by Gasteiger charge is -2.19. The molecule has 0 N–H and O–H groups in total. The normalized spacial score (nSPS) is 27.9. The fraction of sp³-hybridized carbons (Fsp3) is 0.875. The van der Waals surface area contributed by atoms with Crippen molar-refractivity contribution in [2.45, 2.75) is 18.0 Å². The maximum atomic E-state index is 11.5. The van der Waals surface area contributed by atoms with Gasteiger partial charge in [0.1, 0.15) is 5.25 Å². The van der Waals surface area contributed by atoms with Gasteiger partial charge in [0, 0.05) is 23.6 Å². The van der Waals surface area contributed by atoms with Gasteiger partial charge in [0.2, 0.25) is 15.0 Å². The SMILES string of the molecule is O=C1CC(S(=O)(=O)Cl)CN1CC1OCCO1. The Kier molecular flexibility index (Phi) is 3.39. The second-order valence-corrected chi connectivity index (χ2v) is 6.68. The van der Waals surface area contributed by atoms with E-state index in [1.54, 1.807) is 0 Å². The van der Waals surface area contributed by atoms with Gasteiger partial charge in [0.05, 0.1) is 19.8 Å². The molecule has 0 aromatic carbocycles. The fourth-order valence-corrected chi connectivity index (χ4v) is 2.85. The van der Waals surface area contributed by atoms with E-state index in [2.05, 4.69) is 0 Å². The van der Waals surface area contributed by atoms with Crippen LogP contribution in [0.3, 0.4) is 0 Å². The van der Waals surface area contributed by atoms with Gasteiger partial charge in [-0.25, -0.2) is 8.42 Å². The molecule has 0 saturated carbocycles. The molecule has 0 aromatic heterocycles. The maximum absolute atomic E-state index is 11.5. The molecule has 0 spiro atoms. The van der Waals surface area contributed by atoms with Gasteiger partial charge in [-0.1, -0.05) is 0 Å². The standard InChI is InChI=1S/C8H12ClNO5S/c9-16(12,13)6-3-7(11)10(4-6)5-8-14-1-2-15-8/h6,8H,1-5H2. The van der Waals surface area contributed by atoms with Gasteiger partial charge in [-0.15, -0.1) is 0 Å². The third-order valence-corrected chi connectivity index (χ3v) is 4.51. The van der Waals surface area contributed by atoms with Crippen LogP contribution in [0.15, 0.2) is 0 Å². The third kappa shape index (κ3) is 2.65. The van der Waals surface area contributed by atoms with E-state index in [-0.39, 0.29) is 25.4 Å². The number of hydrogen-bond donors (Lipinski definition) is 0. The first-order chi connectivity index (χ1) is 7.47. The van der Waals surface area contributed by atoms with Crippen molar-refractivity contribution < 1.29 is 22.7 Å². The smallest absolute Gasteiger partial charge is 0.237 e. The quantitative estimate of drug-likeness (QED) is 0.648. The van der Waals surface area contributed by atoms with Gasteiger partial charge in [0.15, 0.2) is 6.29 Å². The monoisotopic (exact) mass is 269 g/mol. The Morgan fingerprint density at radius 1 is 1.38 bits per heavy atom. The zero-order valence-electron chi connectivity index (χ0n) is 8.46. The van der Waals surface area contributed by atoms with Gasteiger partial charge in [0.25, 0.3) is 0 Å². The number of rotatable bonds is 3. The van der Waals surface area contributed by atoms with Crippen molar-refractivity contribution in [2.75, 3.05) is 26.3 Å². The van der Waals surface area contributed by atoms with Crippen LogP contribution in [0.4, 0.5) is 0 Å². The summed E-state index contributed by atoms with van der Waals surface area (Å²) in [5.74, 6) is -0.228. The van der Waals surface area contributed by atoms with E-state index >= 15 is 0 Å². The molecule has 2 fully saturated rings. The average Bonchev–Trinajstić information content (AvgIpc) is 2.76. The van der Waals surface area contributed by atoms with Crippen LogP contribution in [-0.2, 0) is 23.3 Å². The minimum absolute atomic E-state index is 0.0570. The number of halogens is 1. The van der Waals surface area contributed by atoms with Crippen molar-refractivity contribution >= 4 is 25.6 Å². The molecule has 2 heterocycles. The summed E-state index contributed by atoms with van der Waals surface area (Å²) in [5, 5.41) is -0.817. The Morgan fingerprint density at radius 2 is 2.00 bits per heavy atom. The molecule has 16 heavy (non-hydrogen) atoms. The Bertz CT molecular complexity index is 378. The minimum atomic E-state index is -3.67. The molecular formula is C8H12ClNO5S. The largest absolute Gasteiger partial charge is 0.348 e. The molecule has 0 aliphatic carbocycles. The number of carbonyl (C=O) groups excluding carboxylic acids is 1. The summed E-state index contributed by atoms with van der Waals surface area (Å²) in [7, 11) is 1.54. The van der Waals surface area contributed by atoms with E-state index in [0.29, 0.717) is 13.2 Å². The maximum Gasteiger partial charge on any atom is 0.237 e. The van der Waals surface area contributed by atoms with Crippen LogP contribution in [0, 0.1) is 0 Å². The van der Waals surface area contributed by atoms with Crippen molar-refractivity contribution in [1.82, 2.24) is 4.90 Å². The third-order valence-electron chi connectivity index (χ3n) is 2.64. The van der Waals surface area contributed by atoms with Crippen LogP contribution in [0.25, 0.3) is 0 Å². The van der Waals surface area contributed by atoms with E-state index in [4.69, 9.17) is 20.2 Å². The van der Waals surface area contributed by atoms with Crippen LogP contribution >= 0.6 is 10.7 Å². The lowest BCUT2D eigenvalue weighted by Crippen LogP contribution is -2.35. The lowest BCUT2D eigenvalue weighted by atomic mass is 10.4. The van der Waals surface area contributed by atoms with Crippen LogP contribution in [0.2, 0.25) is 0 Å². The van der Waals surface area contributed by atoms with Gasteiger partial charge < -0.3 is 14.4 Å². The summed E-state index contributed by atoms with van der Waals surface area (Å²) in [6.45, 7) is 1.39. The summed E-state index contributed by atoms with van der Waals surface area (Å²) >= 11 is 0. The van der Waals surface area contributed by atoms with E-state index in [1.165, 1.54) is 4.90 Å². The van der Waals surface area contributed by atoms with E-state index < -0.39 is 20.6 Å². The van der Waals surface area contributed by atoms with Crippen LogP contribution < -0.4 is 0 Å². The van der Waals surface area contributed by atoms with Crippen LogP contribution in [0.5, 0.6) is 0 Å². The first-order valence-corrected chi connectivity index (χ1v) is 7.28. The van der Waals surface area contributed by atoms with E-state index in [1.807, 2.05) is 0 Å². The molecular weight excluding hydrogens is 258 g/mol. The molecule has 2 saturated heterocycles. The predicted octanol–water partition coefficient (Wildman–Crippen LogP) is -0.471. The zero-order chi connectivity index (χ0) is 11.8. The number of nitrogens with zero attached hydrogens (tertiary/aromatic N) is 1. The molecule has 6 nitrogen and oxygen atoms in total. The molecule has 2 aliphatic rings. The molecule has 2 aliphatic heterocycles. The molecule has 8 heteroatoms. The molecule has 0 radical (unpaired) electrons. The number of likely N-dealkylation sites (tertiary alicyclic amines) is 1. The highest BCUT2D eigenvalue weighted by molar-refractivity contribution is 8.14. The average molecular weight is 270 g/mol. The fourth-order valence-electron chi connectivity index (χ4n) is 1.79. The highest BCUT2D eigenvalue weighted by Crippen LogP contribution is 2.22. The Hall–Kier alpha value is -0.370. The van der Waals surface area contributed by atoms with Gasteiger partial charge in [-0.2, -0.15) is 0 Å². The first kappa shape index (κ1) is 12.1. The van der Waals surface area contributed by atoms with Crippen molar-refractivity contribution in [3.63, 3.8) is 0 Å². The topological polar surface area (TPSA) is 72.9 Å². The zero-order valence-corrected chi connectivity index (χ0v) is 10.0. The Balaban J connectivity index is 1.94. The van der Waals surface area contributed by atoms with Crippen molar-refractivity contribution in [2.24, 2.45) is 0 Å². The Labute approximate surface area is 97.9 Å². The van der Waals surface area contributed by atoms with Crippen molar-refractivity contribution in [3.05, 3.63) is 0 Å². The highest BCUT2D eigenvalue weighted by atomic mass is 35.7. The van der Waals surface area contributed by atoms with Gasteiger partial charge >= 0.3 is 0 Å². The molecule has 1 atom stereocenters. The molecule has 2 rings (SSSR count).